The summed E-state index contributed by atoms with van der Waals surface area (Å²) in [5.41, 5.74) is 6.34. The summed E-state index contributed by atoms with van der Waals surface area (Å²) in [5, 5.41) is 9.38. The Kier molecular flexibility index (Phi) is 5.34. The molecule has 0 rings (SSSR count). The fourth-order valence-corrected chi connectivity index (χ4v) is 0.823. The summed E-state index contributed by atoms with van der Waals surface area (Å²) < 4.78 is 4.65. The van der Waals surface area contributed by atoms with Crippen molar-refractivity contribution in [2.24, 2.45) is 5.73 Å². The zero-order valence-electron chi connectivity index (χ0n) is 8.28. The smallest absolute Gasteiger partial charge is 0.325 e. The zero-order valence-corrected chi connectivity index (χ0v) is 8.28. The van der Waals surface area contributed by atoms with Crippen LogP contribution in [0.1, 0.15) is 20.8 Å². The largest absolute Gasteiger partial charge is 0.465 e. The van der Waals surface area contributed by atoms with Gasteiger partial charge in [-0.15, -0.1) is 0 Å². The van der Waals surface area contributed by atoms with Crippen molar-refractivity contribution in [2.45, 2.75) is 32.9 Å². The molecule has 0 saturated carbocycles. The topological polar surface area (TPSA) is 72.5 Å². The predicted molar refractivity (Wildman–Crippen MR) is 50.0 cm³/mol. The molecule has 3 N–H and O–H groups in total. The SMILES string of the molecule is CCOC(=O)[C@@H](N)[C@@H](O)C=C(C)C. The van der Waals surface area contributed by atoms with E-state index in [0.29, 0.717) is 0 Å². The van der Waals surface area contributed by atoms with Crippen LogP contribution in [0.2, 0.25) is 0 Å². The first kappa shape index (κ1) is 12.1. The van der Waals surface area contributed by atoms with Gasteiger partial charge in [0.2, 0.25) is 0 Å². The number of carbonyl (C=O) groups is 1. The van der Waals surface area contributed by atoms with Crippen LogP contribution >= 0.6 is 0 Å². The Morgan fingerprint density at radius 1 is 1.62 bits per heavy atom. The summed E-state index contributed by atoms with van der Waals surface area (Å²) in [5.74, 6) is -0.576. The molecule has 0 amide bonds. The lowest BCUT2D eigenvalue weighted by atomic mass is 10.1. The standard InChI is InChI=1S/C9H17NO3/c1-4-13-9(12)8(10)7(11)5-6(2)3/h5,7-8,11H,4,10H2,1-3H3/t7-,8-/m0/s1. The fourth-order valence-electron chi connectivity index (χ4n) is 0.823. The number of hydrogen-bond acceptors (Lipinski definition) is 4. The highest BCUT2D eigenvalue weighted by molar-refractivity contribution is 5.76. The average molecular weight is 187 g/mol. The highest BCUT2D eigenvalue weighted by atomic mass is 16.5. The molecule has 0 aliphatic carbocycles. The van der Waals surface area contributed by atoms with Crippen LogP contribution in [-0.4, -0.2) is 29.8 Å². The summed E-state index contributed by atoms with van der Waals surface area (Å²) in [6.07, 6.45) is 0.561. The van der Waals surface area contributed by atoms with E-state index in [0.717, 1.165) is 5.57 Å². The molecule has 0 unspecified atom stereocenters. The molecule has 4 nitrogen and oxygen atoms in total. The molecule has 0 fully saturated rings. The van der Waals surface area contributed by atoms with E-state index in [4.69, 9.17) is 5.73 Å². The monoisotopic (exact) mass is 187 g/mol. The van der Waals surface area contributed by atoms with E-state index in [1.165, 1.54) is 6.08 Å². The minimum absolute atomic E-state index is 0.272. The molecule has 4 heteroatoms. The Bertz CT molecular complexity index is 197. The number of carbonyl (C=O) groups excluding carboxylic acids is 1. The van der Waals surface area contributed by atoms with Gasteiger partial charge in [0.15, 0.2) is 0 Å². The van der Waals surface area contributed by atoms with Crippen LogP contribution in [0, 0.1) is 0 Å². The molecule has 0 aromatic rings. The van der Waals surface area contributed by atoms with Crippen LogP contribution in [0.5, 0.6) is 0 Å². The van der Waals surface area contributed by atoms with Gasteiger partial charge < -0.3 is 15.6 Å². The first-order valence-electron chi connectivity index (χ1n) is 4.24. The molecule has 2 atom stereocenters. The van der Waals surface area contributed by atoms with Gasteiger partial charge in [0, 0.05) is 0 Å². The Morgan fingerprint density at radius 2 is 2.15 bits per heavy atom. The Morgan fingerprint density at radius 3 is 2.54 bits per heavy atom. The minimum atomic E-state index is -0.991. The maximum absolute atomic E-state index is 11.0. The number of rotatable bonds is 4. The van der Waals surface area contributed by atoms with Crippen molar-refractivity contribution < 1.29 is 14.6 Å². The molecular formula is C9H17NO3. The van der Waals surface area contributed by atoms with Gasteiger partial charge in [0.1, 0.15) is 6.04 Å². The van der Waals surface area contributed by atoms with Gasteiger partial charge in [0.05, 0.1) is 12.7 Å². The lowest BCUT2D eigenvalue weighted by molar-refractivity contribution is -0.146. The number of esters is 1. The van der Waals surface area contributed by atoms with Crippen molar-refractivity contribution in [2.75, 3.05) is 6.61 Å². The van der Waals surface area contributed by atoms with Gasteiger partial charge in [-0.2, -0.15) is 0 Å². The number of aliphatic hydroxyl groups is 1. The molecule has 0 heterocycles. The summed E-state index contributed by atoms with van der Waals surface area (Å²) in [6, 6.07) is -0.991. The van der Waals surface area contributed by atoms with Crippen LogP contribution in [0.25, 0.3) is 0 Å². The number of aliphatic hydroxyl groups excluding tert-OH is 1. The van der Waals surface area contributed by atoms with Crippen molar-refractivity contribution >= 4 is 5.97 Å². The van der Waals surface area contributed by atoms with Crippen LogP contribution < -0.4 is 5.73 Å². The molecule has 76 valence electrons. The second-order valence-electron chi connectivity index (χ2n) is 3.01. The third-order valence-electron chi connectivity index (χ3n) is 1.43. The molecule has 0 aliphatic rings. The number of allylic oxidation sites excluding steroid dienone is 1. The summed E-state index contributed by atoms with van der Waals surface area (Å²) in [6.45, 7) is 5.61. The van der Waals surface area contributed by atoms with Crippen molar-refractivity contribution in [1.82, 2.24) is 0 Å². The van der Waals surface area contributed by atoms with E-state index in [-0.39, 0.29) is 6.61 Å². The zero-order chi connectivity index (χ0) is 10.4. The van der Waals surface area contributed by atoms with Crippen LogP contribution in [-0.2, 0) is 9.53 Å². The number of hydrogen-bond donors (Lipinski definition) is 2. The summed E-state index contributed by atoms with van der Waals surface area (Å²) >= 11 is 0. The normalized spacial score (nSPS) is 14.5. The molecule has 0 aromatic heterocycles. The molecule has 13 heavy (non-hydrogen) atoms. The molecule has 0 bridgehead atoms. The van der Waals surface area contributed by atoms with Crippen molar-refractivity contribution in [1.29, 1.82) is 0 Å². The van der Waals surface area contributed by atoms with E-state index >= 15 is 0 Å². The van der Waals surface area contributed by atoms with Crippen LogP contribution in [0.4, 0.5) is 0 Å². The lowest BCUT2D eigenvalue weighted by Gasteiger charge is -2.14. The second kappa shape index (κ2) is 5.72. The van der Waals surface area contributed by atoms with Gasteiger partial charge in [-0.05, 0) is 20.8 Å². The number of ether oxygens (including phenoxy) is 1. The van der Waals surface area contributed by atoms with Crippen molar-refractivity contribution in [3.05, 3.63) is 11.6 Å². The quantitative estimate of drug-likeness (QED) is 0.487. The first-order valence-corrected chi connectivity index (χ1v) is 4.24. The third-order valence-corrected chi connectivity index (χ3v) is 1.43. The predicted octanol–water partition coefficient (Wildman–Crippen LogP) is 0.204. The molecule has 0 spiro atoms. The fraction of sp³-hybridized carbons (Fsp3) is 0.667. The summed E-state index contributed by atoms with van der Waals surface area (Å²) in [7, 11) is 0. The van der Waals surface area contributed by atoms with Crippen molar-refractivity contribution in [3.8, 4) is 0 Å². The Hall–Kier alpha value is -0.870. The van der Waals surface area contributed by atoms with E-state index in [9.17, 15) is 9.90 Å². The average Bonchev–Trinajstić information content (AvgIpc) is 2.02. The highest BCUT2D eigenvalue weighted by Gasteiger charge is 2.21. The van der Waals surface area contributed by atoms with Gasteiger partial charge in [0.25, 0.3) is 0 Å². The Balaban J connectivity index is 4.17. The van der Waals surface area contributed by atoms with Gasteiger partial charge >= 0.3 is 5.97 Å². The molecule has 0 radical (unpaired) electrons. The molecule has 0 saturated heterocycles. The van der Waals surface area contributed by atoms with Crippen LogP contribution in [0.3, 0.4) is 0 Å². The van der Waals surface area contributed by atoms with E-state index < -0.39 is 18.1 Å². The minimum Gasteiger partial charge on any atom is -0.465 e. The molecular weight excluding hydrogens is 170 g/mol. The van der Waals surface area contributed by atoms with Gasteiger partial charge in [-0.1, -0.05) is 11.6 Å². The van der Waals surface area contributed by atoms with E-state index in [2.05, 4.69) is 4.74 Å². The van der Waals surface area contributed by atoms with Crippen LogP contribution in [0.15, 0.2) is 11.6 Å². The second-order valence-corrected chi connectivity index (χ2v) is 3.01. The van der Waals surface area contributed by atoms with Gasteiger partial charge in [-0.25, -0.2) is 0 Å². The van der Waals surface area contributed by atoms with E-state index in [1.807, 2.05) is 13.8 Å². The van der Waals surface area contributed by atoms with Crippen molar-refractivity contribution in [3.63, 3.8) is 0 Å². The third kappa shape index (κ3) is 4.65. The Labute approximate surface area is 78.4 Å². The van der Waals surface area contributed by atoms with Gasteiger partial charge in [-0.3, -0.25) is 4.79 Å². The maximum Gasteiger partial charge on any atom is 0.325 e. The van der Waals surface area contributed by atoms with E-state index in [1.54, 1.807) is 6.92 Å². The summed E-state index contributed by atoms with van der Waals surface area (Å²) in [4.78, 5) is 11.0. The number of nitrogens with two attached hydrogens (primary N) is 1. The molecule has 0 aliphatic heterocycles. The maximum atomic E-state index is 11.0. The lowest BCUT2D eigenvalue weighted by Crippen LogP contribution is -2.42. The highest BCUT2D eigenvalue weighted by Crippen LogP contribution is 2.00. The molecule has 0 aromatic carbocycles. The first-order chi connectivity index (χ1) is 5.99.